The third-order valence-corrected chi connectivity index (χ3v) is 9.77. The largest absolute Gasteiger partial charge is 0.355 e. The summed E-state index contributed by atoms with van der Waals surface area (Å²) in [6.07, 6.45) is 4.75. The molecule has 3 aromatic carbocycles. The number of rotatable bonds is 10. The fourth-order valence-corrected chi connectivity index (χ4v) is 6.66. The van der Waals surface area contributed by atoms with Gasteiger partial charge in [-0.25, -0.2) is 21.8 Å². The lowest BCUT2D eigenvalue weighted by Gasteiger charge is -2.11. The molecule has 0 saturated carbocycles. The van der Waals surface area contributed by atoms with Crippen molar-refractivity contribution in [1.29, 1.82) is 0 Å². The molecule has 0 spiro atoms. The van der Waals surface area contributed by atoms with Crippen molar-refractivity contribution in [3.8, 4) is 10.6 Å². The second-order valence-electron chi connectivity index (χ2n) is 8.99. The van der Waals surface area contributed by atoms with E-state index >= 15 is 0 Å². The van der Waals surface area contributed by atoms with Crippen molar-refractivity contribution in [1.82, 2.24) is 15.3 Å². The fraction of sp³-hybridized carbons (Fsp3) is 0.143. The number of sulfone groups is 2. The predicted octanol–water partition coefficient (Wildman–Crippen LogP) is 5.07. The zero-order valence-corrected chi connectivity index (χ0v) is 23.5. The van der Waals surface area contributed by atoms with Crippen LogP contribution in [0.15, 0.2) is 101 Å². The number of benzene rings is 3. The van der Waals surface area contributed by atoms with Crippen LogP contribution < -0.4 is 10.6 Å². The number of anilines is 2. The number of nitrogens with one attached hydrogen (secondary N) is 2. The number of hydrogen-bond acceptors (Lipinski definition) is 9. The summed E-state index contributed by atoms with van der Waals surface area (Å²) in [5.74, 6) is 0.0949. The zero-order chi connectivity index (χ0) is 27.5. The van der Waals surface area contributed by atoms with Crippen LogP contribution in [0.1, 0.15) is 4.88 Å². The summed E-state index contributed by atoms with van der Waals surface area (Å²) >= 11 is 1.54. The smallest absolute Gasteiger partial charge is 0.206 e. The molecule has 39 heavy (non-hydrogen) atoms. The summed E-state index contributed by atoms with van der Waals surface area (Å²) < 4.78 is 48.4. The van der Waals surface area contributed by atoms with Gasteiger partial charge in [-0.05, 0) is 60.7 Å². The molecule has 2 heterocycles. The van der Waals surface area contributed by atoms with Crippen molar-refractivity contribution in [3.63, 3.8) is 0 Å². The number of hydrogen-bond donors (Lipinski definition) is 2. The molecule has 200 valence electrons. The van der Waals surface area contributed by atoms with Gasteiger partial charge in [0, 0.05) is 58.9 Å². The molecule has 5 rings (SSSR count). The van der Waals surface area contributed by atoms with Gasteiger partial charge in [-0.15, -0.1) is 11.3 Å². The van der Waals surface area contributed by atoms with Crippen LogP contribution in [0, 0.1) is 0 Å². The van der Waals surface area contributed by atoms with E-state index in [1.165, 1.54) is 6.26 Å². The molecule has 8 nitrogen and oxygen atoms in total. The van der Waals surface area contributed by atoms with E-state index in [2.05, 4.69) is 20.6 Å². The Kier molecular flexibility index (Phi) is 7.76. The molecule has 0 atom stereocenters. The van der Waals surface area contributed by atoms with Gasteiger partial charge in [0.05, 0.1) is 21.1 Å². The molecule has 0 aliphatic carbocycles. The predicted molar refractivity (Wildman–Crippen MR) is 156 cm³/mol. The summed E-state index contributed by atoms with van der Waals surface area (Å²) in [4.78, 5) is 10.5. The Morgan fingerprint density at radius 1 is 0.846 bits per heavy atom. The quantitative estimate of drug-likeness (QED) is 0.221. The highest BCUT2D eigenvalue weighted by molar-refractivity contribution is 7.91. The lowest BCUT2D eigenvalue weighted by atomic mass is 10.1. The molecule has 0 unspecified atom stereocenters. The van der Waals surface area contributed by atoms with E-state index in [1.54, 1.807) is 78.3 Å². The molecule has 2 N–H and O–H groups in total. The van der Waals surface area contributed by atoms with Gasteiger partial charge in [0.25, 0.3) is 0 Å². The van der Waals surface area contributed by atoms with Gasteiger partial charge in [-0.1, -0.05) is 18.2 Å². The van der Waals surface area contributed by atoms with E-state index in [0.29, 0.717) is 13.1 Å². The minimum atomic E-state index is -3.59. The maximum Gasteiger partial charge on any atom is 0.206 e. The minimum absolute atomic E-state index is 0.0949. The Balaban J connectivity index is 1.34. The molecule has 11 heteroatoms. The Morgan fingerprint density at radius 2 is 1.59 bits per heavy atom. The van der Waals surface area contributed by atoms with E-state index < -0.39 is 19.7 Å². The Morgan fingerprint density at radius 3 is 2.33 bits per heavy atom. The molecule has 5 aromatic rings. The van der Waals surface area contributed by atoms with Gasteiger partial charge in [-0.2, -0.15) is 0 Å². The van der Waals surface area contributed by atoms with Crippen molar-refractivity contribution in [3.05, 3.63) is 96.1 Å². The Bertz CT molecular complexity index is 1820. The summed E-state index contributed by atoms with van der Waals surface area (Å²) in [5, 5.41) is 8.28. The number of fused-ring (bicyclic) bond motifs is 1. The normalized spacial score (nSPS) is 12.0. The summed E-state index contributed by atoms with van der Waals surface area (Å²) in [7, 11) is -6.58. The first-order valence-corrected chi connectivity index (χ1v) is 16.4. The first-order valence-electron chi connectivity index (χ1n) is 12.1. The molecule has 0 bridgehead atoms. The van der Waals surface area contributed by atoms with Crippen molar-refractivity contribution in [2.24, 2.45) is 0 Å². The van der Waals surface area contributed by atoms with Crippen LogP contribution in [0.3, 0.4) is 0 Å². The third-order valence-electron chi connectivity index (χ3n) is 5.99. The van der Waals surface area contributed by atoms with E-state index in [9.17, 15) is 16.8 Å². The highest BCUT2D eigenvalue weighted by Gasteiger charge is 2.17. The number of nitrogens with zero attached hydrogens (tertiary/aromatic N) is 2. The molecule has 0 radical (unpaired) electrons. The number of thiazole rings is 1. The molecule has 0 amide bonds. The lowest BCUT2D eigenvalue weighted by molar-refractivity contribution is 0.594. The van der Waals surface area contributed by atoms with Crippen LogP contribution in [-0.4, -0.2) is 45.4 Å². The van der Waals surface area contributed by atoms with Crippen molar-refractivity contribution in [2.45, 2.75) is 16.3 Å². The minimum Gasteiger partial charge on any atom is -0.355 e. The van der Waals surface area contributed by atoms with Crippen LogP contribution in [0.2, 0.25) is 0 Å². The van der Waals surface area contributed by atoms with Crippen molar-refractivity contribution < 1.29 is 16.8 Å². The maximum absolute atomic E-state index is 12.9. The number of aromatic nitrogens is 2. The molecule has 2 aromatic heterocycles. The van der Waals surface area contributed by atoms with Crippen LogP contribution in [-0.2, 0) is 26.2 Å². The molecular weight excluding hydrogens is 553 g/mol. The molecular formula is C28H26N4O4S3. The third kappa shape index (κ3) is 6.51. The van der Waals surface area contributed by atoms with E-state index in [0.717, 1.165) is 37.7 Å². The first kappa shape index (κ1) is 26.9. The molecule has 0 saturated heterocycles. The molecule has 0 aliphatic heterocycles. The SMILES string of the molecule is CS(=O)(=O)CCNCc1cnc(-c2ccc3nccc(Nc4ccc(S(=O)(=O)c5ccccc5)cc4)c3c2)s1. The van der Waals surface area contributed by atoms with Gasteiger partial charge in [0.2, 0.25) is 9.84 Å². The van der Waals surface area contributed by atoms with E-state index in [-0.39, 0.29) is 15.5 Å². The van der Waals surface area contributed by atoms with Gasteiger partial charge in [0.1, 0.15) is 14.8 Å². The average Bonchev–Trinajstić information content (AvgIpc) is 3.40. The maximum atomic E-state index is 12.9. The van der Waals surface area contributed by atoms with Gasteiger partial charge < -0.3 is 10.6 Å². The summed E-state index contributed by atoms with van der Waals surface area (Å²) in [5.41, 5.74) is 3.33. The van der Waals surface area contributed by atoms with Crippen molar-refractivity contribution >= 4 is 53.3 Å². The molecule has 0 aliphatic rings. The summed E-state index contributed by atoms with van der Waals surface area (Å²) in [6.45, 7) is 0.938. The highest BCUT2D eigenvalue weighted by atomic mass is 32.2. The topological polar surface area (TPSA) is 118 Å². The van der Waals surface area contributed by atoms with E-state index in [1.807, 2.05) is 24.3 Å². The van der Waals surface area contributed by atoms with Crippen LogP contribution >= 0.6 is 11.3 Å². The second-order valence-corrected chi connectivity index (χ2v) is 14.3. The van der Waals surface area contributed by atoms with Crippen LogP contribution in [0.25, 0.3) is 21.5 Å². The highest BCUT2D eigenvalue weighted by Crippen LogP contribution is 2.32. The van der Waals surface area contributed by atoms with Crippen LogP contribution in [0.4, 0.5) is 11.4 Å². The average molecular weight is 579 g/mol. The molecule has 0 fully saturated rings. The van der Waals surface area contributed by atoms with E-state index in [4.69, 9.17) is 0 Å². The Hall–Kier alpha value is -3.64. The van der Waals surface area contributed by atoms with Gasteiger partial charge in [-0.3, -0.25) is 4.98 Å². The van der Waals surface area contributed by atoms with Crippen LogP contribution in [0.5, 0.6) is 0 Å². The second kappa shape index (κ2) is 11.2. The Labute approximate surface area is 231 Å². The summed E-state index contributed by atoms with van der Waals surface area (Å²) in [6, 6.07) is 22.9. The lowest BCUT2D eigenvalue weighted by Crippen LogP contribution is -2.21. The van der Waals surface area contributed by atoms with Gasteiger partial charge >= 0.3 is 0 Å². The van der Waals surface area contributed by atoms with Gasteiger partial charge in [0.15, 0.2) is 0 Å². The monoisotopic (exact) mass is 578 g/mol. The standard InChI is InChI=1S/C28H26N4O4S3/c1-38(33,34)16-15-29-18-22-19-31-28(37-22)20-7-12-26-25(17-20)27(13-14-30-26)32-21-8-10-24(11-9-21)39(35,36)23-5-3-2-4-6-23/h2-14,17,19,29H,15-16,18H2,1H3,(H,30,32). The fourth-order valence-electron chi connectivity index (χ4n) is 3.99. The first-order chi connectivity index (χ1) is 18.7. The zero-order valence-electron chi connectivity index (χ0n) is 21.0. The van der Waals surface area contributed by atoms with Crippen molar-refractivity contribution in [2.75, 3.05) is 23.9 Å². The number of pyridine rings is 1.